The van der Waals surface area contributed by atoms with Crippen molar-refractivity contribution < 1.29 is 4.79 Å². The minimum absolute atomic E-state index is 0.131. The van der Waals surface area contributed by atoms with Gasteiger partial charge in [-0.2, -0.15) is 0 Å². The summed E-state index contributed by atoms with van der Waals surface area (Å²) in [6, 6.07) is 7.82. The molecule has 1 aliphatic rings. The normalized spacial score (nSPS) is 25.9. The van der Waals surface area contributed by atoms with Crippen molar-refractivity contribution in [3.63, 3.8) is 0 Å². The van der Waals surface area contributed by atoms with Gasteiger partial charge in [0.2, 0.25) is 5.91 Å². The third-order valence-corrected chi connectivity index (χ3v) is 4.84. The van der Waals surface area contributed by atoms with Crippen molar-refractivity contribution in [3.8, 4) is 0 Å². The molecule has 0 spiro atoms. The average molecular weight is 311 g/mol. The maximum atomic E-state index is 12.0. The summed E-state index contributed by atoms with van der Waals surface area (Å²) >= 11 is 3.50. The van der Waals surface area contributed by atoms with E-state index in [0.29, 0.717) is 0 Å². The smallest absolute Gasteiger partial charge is 0.243 e. The number of rotatable bonds is 3. The van der Waals surface area contributed by atoms with Gasteiger partial charge in [0.1, 0.15) is 5.54 Å². The number of anilines is 1. The Hall–Kier alpha value is -1.03. The highest BCUT2D eigenvalue weighted by atomic mass is 79.9. The molecule has 1 atom stereocenters. The lowest BCUT2D eigenvalue weighted by Gasteiger charge is -2.40. The first-order valence-electron chi connectivity index (χ1n) is 6.22. The molecule has 3 N–H and O–H groups in total. The van der Waals surface area contributed by atoms with Crippen molar-refractivity contribution in [2.45, 2.75) is 38.6 Å². The third-order valence-electron chi connectivity index (χ3n) is 4.15. The summed E-state index contributed by atoms with van der Waals surface area (Å²) in [7, 11) is 0. The van der Waals surface area contributed by atoms with Gasteiger partial charge < -0.3 is 11.1 Å². The quantitative estimate of drug-likeness (QED) is 0.900. The number of nitrogens with one attached hydrogen (secondary N) is 1. The first-order valence-corrected chi connectivity index (χ1v) is 7.01. The van der Waals surface area contributed by atoms with E-state index in [0.717, 1.165) is 29.4 Å². The monoisotopic (exact) mass is 310 g/mol. The van der Waals surface area contributed by atoms with Crippen LogP contribution in [0.4, 0.5) is 5.69 Å². The topological polar surface area (TPSA) is 55.1 Å². The van der Waals surface area contributed by atoms with Crippen LogP contribution >= 0.6 is 15.9 Å². The number of carbonyl (C=O) groups excluding carboxylic acids is 1. The number of halogens is 1. The number of primary amides is 1. The van der Waals surface area contributed by atoms with Crippen LogP contribution in [0.25, 0.3) is 0 Å². The van der Waals surface area contributed by atoms with E-state index in [1.54, 1.807) is 0 Å². The Morgan fingerprint density at radius 3 is 2.50 bits per heavy atom. The molecule has 1 saturated carbocycles. The Morgan fingerprint density at radius 2 is 2.00 bits per heavy atom. The van der Waals surface area contributed by atoms with Crippen molar-refractivity contribution >= 4 is 27.5 Å². The predicted molar refractivity (Wildman–Crippen MR) is 77.3 cm³/mol. The third kappa shape index (κ3) is 2.03. The molecule has 18 heavy (non-hydrogen) atoms. The van der Waals surface area contributed by atoms with Gasteiger partial charge >= 0.3 is 0 Å². The first-order chi connectivity index (χ1) is 8.39. The van der Waals surface area contributed by atoms with Crippen LogP contribution in [0.3, 0.4) is 0 Å². The maximum absolute atomic E-state index is 12.0. The van der Waals surface area contributed by atoms with E-state index in [4.69, 9.17) is 5.73 Å². The molecule has 0 aromatic heterocycles. The van der Waals surface area contributed by atoms with Crippen molar-refractivity contribution in [1.29, 1.82) is 0 Å². The molecule has 98 valence electrons. The van der Waals surface area contributed by atoms with Crippen molar-refractivity contribution in [1.82, 2.24) is 0 Å². The van der Waals surface area contributed by atoms with Crippen LogP contribution in [0.2, 0.25) is 0 Å². The van der Waals surface area contributed by atoms with Crippen molar-refractivity contribution in [2.24, 2.45) is 11.1 Å². The van der Waals surface area contributed by atoms with Crippen LogP contribution in [-0.4, -0.2) is 11.4 Å². The zero-order chi connectivity index (χ0) is 13.4. The molecule has 0 saturated heterocycles. The van der Waals surface area contributed by atoms with Crippen LogP contribution in [0.15, 0.2) is 28.7 Å². The average Bonchev–Trinajstić information content (AvgIpc) is 2.58. The molecule has 2 rings (SSSR count). The van der Waals surface area contributed by atoms with E-state index in [-0.39, 0.29) is 11.3 Å². The Bertz CT molecular complexity index is 473. The standard InChI is InChI=1S/C14H19BrN2O/c1-13(2)8-5-9-14(13,12(16)18)17-11-7-4-3-6-10(11)15/h3-4,6-7,17H,5,8-9H2,1-2H3,(H2,16,18). The van der Waals surface area contributed by atoms with Crippen LogP contribution in [0, 0.1) is 5.41 Å². The summed E-state index contributed by atoms with van der Waals surface area (Å²) in [4.78, 5) is 12.0. The molecule has 0 aliphatic heterocycles. The molecule has 0 heterocycles. The fraction of sp³-hybridized carbons (Fsp3) is 0.500. The lowest BCUT2D eigenvalue weighted by Crippen LogP contribution is -2.57. The van der Waals surface area contributed by atoms with Gasteiger partial charge in [-0.25, -0.2) is 0 Å². The summed E-state index contributed by atoms with van der Waals surface area (Å²) in [6.07, 6.45) is 2.82. The molecular weight excluding hydrogens is 292 g/mol. The van der Waals surface area contributed by atoms with E-state index in [9.17, 15) is 4.79 Å². The lowest BCUT2D eigenvalue weighted by molar-refractivity contribution is -0.125. The molecule has 1 aliphatic carbocycles. The van der Waals surface area contributed by atoms with Gasteiger partial charge in [-0.1, -0.05) is 26.0 Å². The molecule has 3 nitrogen and oxygen atoms in total. The number of para-hydroxylation sites is 1. The summed E-state index contributed by atoms with van der Waals surface area (Å²) in [5, 5.41) is 3.39. The number of amides is 1. The second kappa shape index (κ2) is 4.57. The highest BCUT2D eigenvalue weighted by Gasteiger charge is 2.53. The molecule has 1 unspecified atom stereocenters. The van der Waals surface area contributed by atoms with Crippen LogP contribution in [0.5, 0.6) is 0 Å². The molecule has 1 aromatic carbocycles. The Labute approximate surface area is 116 Å². The Kier molecular flexibility index (Phi) is 3.41. The molecule has 1 aromatic rings. The van der Waals surface area contributed by atoms with Crippen LogP contribution in [-0.2, 0) is 4.79 Å². The van der Waals surface area contributed by atoms with Gasteiger partial charge in [0.25, 0.3) is 0 Å². The summed E-state index contributed by atoms with van der Waals surface area (Å²) in [5.41, 5.74) is 5.83. The zero-order valence-electron chi connectivity index (χ0n) is 10.8. The van der Waals surface area contributed by atoms with Crippen LogP contribution in [0.1, 0.15) is 33.1 Å². The van der Waals surface area contributed by atoms with Gasteiger partial charge in [0, 0.05) is 10.2 Å². The second-order valence-corrected chi connectivity index (χ2v) is 6.47. The molecule has 0 radical (unpaired) electrons. The van der Waals surface area contributed by atoms with Crippen molar-refractivity contribution in [2.75, 3.05) is 5.32 Å². The second-order valence-electron chi connectivity index (χ2n) is 5.61. The largest absolute Gasteiger partial charge is 0.370 e. The van der Waals surface area contributed by atoms with Gasteiger partial charge in [-0.15, -0.1) is 0 Å². The summed E-state index contributed by atoms with van der Waals surface area (Å²) < 4.78 is 0.952. The minimum Gasteiger partial charge on any atom is -0.370 e. The number of nitrogens with two attached hydrogens (primary N) is 1. The summed E-state index contributed by atoms with van der Waals surface area (Å²) in [5.74, 6) is -0.263. The van der Waals surface area contributed by atoms with E-state index in [1.807, 2.05) is 24.3 Å². The lowest BCUT2D eigenvalue weighted by atomic mass is 9.74. The SMILES string of the molecule is CC1(C)CCCC1(Nc1ccccc1Br)C(N)=O. The predicted octanol–water partition coefficient (Wildman–Crippen LogP) is 3.30. The van der Waals surface area contributed by atoms with Gasteiger partial charge in [-0.3, -0.25) is 4.79 Å². The minimum atomic E-state index is -0.656. The Balaban J connectivity index is 2.40. The van der Waals surface area contributed by atoms with Gasteiger partial charge in [0.15, 0.2) is 0 Å². The molecule has 1 amide bonds. The van der Waals surface area contributed by atoms with E-state index in [1.165, 1.54) is 0 Å². The number of hydrogen-bond acceptors (Lipinski definition) is 2. The van der Waals surface area contributed by atoms with Crippen LogP contribution < -0.4 is 11.1 Å². The zero-order valence-corrected chi connectivity index (χ0v) is 12.4. The number of benzene rings is 1. The van der Waals surface area contributed by atoms with E-state index < -0.39 is 5.54 Å². The molecule has 1 fully saturated rings. The fourth-order valence-corrected chi connectivity index (χ4v) is 3.27. The van der Waals surface area contributed by atoms with E-state index in [2.05, 4.69) is 35.1 Å². The molecule has 0 bridgehead atoms. The molecular formula is C14H19BrN2O. The van der Waals surface area contributed by atoms with Crippen molar-refractivity contribution in [3.05, 3.63) is 28.7 Å². The summed E-state index contributed by atoms with van der Waals surface area (Å²) in [6.45, 7) is 4.21. The van der Waals surface area contributed by atoms with Gasteiger partial charge in [0.05, 0.1) is 0 Å². The number of hydrogen-bond donors (Lipinski definition) is 2. The highest BCUT2D eigenvalue weighted by Crippen LogP contribution is 2.48. The maximum Gasteiger partial charge on any atom is 0.243 e. The Morgan fingerprint density at radius 1 is 1.33 bits per heavy atom. The fourth-order valence-electron chi connectivity index (χ4n) is 2.89. The van der Waals surface area contributed by atoms with Gasteiger partial charge in [-0.05, 0) is 52.7 Å². The first kappa shape index (κ1) is 13.4. The number of carbonyl (C=O) groups is 1. The molecule has 4 heteroatoms. The van der Waals surface area contributed by atoms with E-state index >= 15 is 0 Å². The highest BCUT2D eigenvalue weighted by molar-refractivity contribution is 9.10.